The molecule has 7 heteroatoms. The van der Waals surface area contributed by atoms with Crippen LogP contribution in [0.1, 0.15) is 31.7 Å². The molecule has 0 spiro atoms. The maximum Gasteiger partial charge on any atom is 0.305 e. The van der Waals surface area contributed by atoms with Crippen LogP contribution in [-0.2, 0) is 16.0 Å². The lowest BCUT2D eigenvalue weighted by Crippen LogP contribution is -2.40. The van der Waals surface area contributed by atoms with Gasteiger partial charge in [0.15, 0.2) is 4.96 Å². The van der Waals surface area contributed by atoms with E-state index in [1.807, 2.05) is 36.7 Å². The van der Waals surface area contributed by atoms with E-state index in [2.05, 4.69) is 10.3 Å². The van der Waals surface area contributed by atoms with Gasteiger partial charge in [-0.2, -0.15) is 0 Å². The van der Waals surface area contributed by atoms with Gasteiger partial charge < -0.3 is 10.4 Å². The van der Waals surface area contributed by atoms with Gasteiger partial charge in [-0.1, -0.05) is 13.8 Å². The van der Waals surface area contributed by atoms with Gasteiger partial charge in [-0.3, -0.25) is 14.0 Å². The molecule has 2 aromatic rings. The van der Waals surface area contributed by atoms with Gasteiger partial charge in [0.05, 0.1) is 18.5 Å². The third-order valence-corrected chi connectivity index (χ3v) is 4.18. The van der Waals surface area contributed by atoms with Gasteiger partial charge >= 0.3 is 5.97 Å². The van der Waals surface area contributed by atoms with Crippen molar-refractivity contribution in [3.05, 3.63) is 23.0 Å². The van der Waals surface area contributed by atoms with E-state index in [0.29, 0.717) is 0 Å². The molecule has 1 atom stereocenters. The molecule has 0 aliphatic rings. The molecule has 0 fully saturated rings. The summed E-state index contributed by atoms with van der Waals surface area (Å²) in [5.74, 6) is -0.999. The first kappa shape index (κ1) is 15.5. The number of thiazole rings is 1. The third-order valence-electron chi connectivity index (χ3n) is 3.29. The maximum absolute atomic E-state index is 12.1. The summed E-state index contributed by atoms with van der Waals surface area (Å²) < 4.78 is 1.90. The van der Waals surface area contributed by atoms with E-state index in [9.17, 15) is 9.59 Å². The summed E-state index contributed by atoms with van der Waals surface area (Å²) in [6.45, 7) is 5.71. The van der Waals surface area contributed by atoms with Gasteiger partial charge in [0.1, 0.15) is 0 Å². The highest BCUT2D eigenvalue weighted by molar-refractivity contribution is 7.15. The lowest BCUT2D eigenvalue weighted by Gasteiger charge is -2.20. The first-order valence-electron chi connectivity index (χ1n) is 6.80. The Bertz CT molecular complexity index is 660. The number of imidazole rings is 1. The van der Waals surface area contributed by atoms with Gasteiger partial charge in [-0.25, -0.2) is 4.98 Å². The largest absolute Gasteiger partial charge is 0.481 e. The number of rotatable bonds is 6. The second-order valence-corrected chi connectivity index (χ2v) is 6.29. The highest BCUT2D eigenvalue weighted by atomic mass is 32.1. The normalized spacial score (nSPS) is 12.8. The summed E-state index contributed by atoms with van der Waals surface area (Å²) >= 11 is 1.49. The van der Waals surface area contributed by atoms with Gasteiger partial charge in [0.2, 0.25) is 5.91 Å². The van der Waals surface area contributed by atoms with E-state index >= 15 is 0 Å². The first-order chi connectivity index (χ1) is 9.86. The number of aromatic nitrogens is 2. The van der Waals surface area contributed by atoms with Crippen molar-refractivity contribution in [1.82, 2.24) is 14.7 Å². The summed E-state index contributed by atoms with van der Waals surface area (Å²) in [6, 6.07) is -0.353. The summed E-state index contributed by atoms with van der Waals surface area (Å²) in [5, 5.41) is 13.6. The van der Waals surface area contributed by atoms with Crippen LogP contribution in [0.3, 0.4) is 0 Å². The van der Waals surface area contributed by atoms with Crippen molar-refractivity contribution in [2.45, 2.75) is 39.7 Å². The summed E-state index contributed by atoms with van der Waals surface area (Å²) in [5.41, 5.74) is 1.78. The minimum Gasteiger partial charge on any atom is -0.481 e. The van der Waals surface area contributed by atoms with Crippen molar-refractivity contribution >= 4 is 28.2 Å². The molecule has 21 heavy (non-hydrogen) atoms. The van der Waals surface area contributed by atoms with E-state index in [1.54, 1.807) is 0 Å². The molecule has 2 rings (SSSR count). The molecule has 0 radical (unpaired) electrons. The number of carbonyl (C=O) groups excluding carboxylic acids is 1. The minimum absolute atomic E-state index is 0.0629. The van der Waals surface area contributed by atoms with Crippen molar-refractivity contribution in [3.63, 3.8) is 0 Å². The molecule has 0 saturated carbocycles. The highest BCUT2D eigenvalue weighted by Crippen LogP contribution is 2.17. The Morgan fingerprint density at radius 2 is 2.19 bits per heavy atom. The Labute approximate surface area is 126 Å². The van der Waals surface area contributed by atoms with Crippen LogP contribution < -0.4 is 5.32 Å². The molecular formula is C14H19N3O3S. The molecule has 0 bridgehead atoms. The number of nitrogens with one attached hydrogen (secondary N) is 1. The van der Waals surface area contributed by atoms with Crippen molar-refractivity contribution in [3.8, 4) is 0 Å². The summed E-state index contributed by atoms with van der Waals surface area (Å²) in [4.78, 5) is 28.2. The second-order valence-electron chi connectivity index (χ2n) is 5.45. The van der Waals surface area contributed by atoms with Crippen molar-refractivity contribution in [1.29, 1.82) is 0 Å². The van der Waals surface area contributed by atoms with E-state index in [0.717, 1.165) is 16.3 Å². The fraction of sp³-hybridized carbons (Fsp3) is 0.500. The smallest absolute Gasteiger partial charge is 0.305 e. The Balaban J connectivity index is 2.04. The van der Waals surface area contributed by atoms with E-state index in [1.165, 1.54) is 11.3 Å². The van der Waals surface area contributed by atoms with Crippen LogP contribution in [-0.4, -0.2) is 32.4 Å². The average molecular weight is 309 g/mol. The van der Waals surface area contributed by atoms with Crippen LogP contribution in [0.15, 0.2) is 11.6 Å². The van der Waals surface area contributed by atoms with Crippen LogP contribution in [0.5, 0.6) is 0 Å². The molecule has 114 valence electrons. The number of aryl methyl sites for hydroxylation is 1. The average Bonchev–Trinajstić information content (AvgIpc) is 2.88. The predicted molar refractivity (Wildman–Crippen MR) is 80.5 cm³/mol. The molecule has 0 aromatic carbocycles. The van der Waals surface area contributed by atoms with Gasteiger partial charge in [0.25, 0.3) is 0 Å². The number of carbonyl (C=O) groups is 2. The van der Waals surface area contributed by atoms with Gasteiger partial charge in [-0.05, 0) is 12.8 Å². The molecule has 2 aromatic heterocycles. The van der Waals surface area contributed by atoms with E-state index < -0.39 is 5.97 Å². The molecule has 1 unspecified atom stereocenters. The van der Waals surface area contributed by atoms with Crippen LogP contribution >= 0.6 is 11.3 Å². The molecule has 2 N–H and O–H groups in total. The topological polar surface area (TPSA) is 83.7 Å². The number of carboxylic acids is 1. The second kappa shape index (κ2) is 6.26. The molecule has 0 aliphatic heterocycles. The Morgan fingerprint density at radius 3 is 2.81 bits per heavy atom. The highest BCUT2D eigenvalue weighted by Gasteiger charge is 2.20. The number of carboxylic acid groups (broad SMARTS) is 1. The standard InChI is InChI=1S/C14H19N3O3S/c1-8(2)11(5-13(19)20)16-12(18)4-10-7-21-14-15-9(3)6-17(10)14/h6-8,11H,4-5H2,1-3H3,(H,16,18)(H,19,20). The third kappa shape index (κ3) is 3.81. The Morgan fingerprint density at radius 1 is 1.48 bits per heavy atom. The van der Waals surface area contributed by atoms with Crippen LogP contribution in [0.25, 0.3) is 4.96 Å². The van der Waals surface area contributed by atoms with Crippen molar-refractivity contribution in [2.75, 3.05) is 0 Å². The molecule has 0 saturated heterocycles. The Kier molecular flexibility index (Phi) is 4.62. The SMILES string of the molecule is Cc1cn2c(CC(=O)NC(CC(=O)O)C(C)C)csc2n1. The fourth-order valence-corrected chi connectivity index (χ4v) is 3.05. The van der Waals surface area contributed by atoms with E-state index in [-0.39, 0.29) is 30.7 Å². The van der Waals surface area contributed by atoms with Crippen LogP contribution in [0.4, 0.5) is 0 Å². The molecule has 0 aliphatic carbocycles. The maximum atomic E-state index is 12.1. The lowest BCUT2D eigenvalue weighted by molar-refractivity contribution is -0.138. The zero-order valence-electron chi connectivity index (χ0n) is 12.3. The minimum atomic E-state index is -0.905. The van der Waals surface area contributed by atoms with Crippen molar-refractivity contribution in [2.24, 2.45) is 5.92 Å². The van der Waals surface area contributed by atoms with Crippen molar-refractivity contribution < 1.29 is 14.7 Å². The number of nitrogens with zero attached hydrogens (tertiary/aromatic N) is 2. The lowest BCUT2D eigenvalue weighted by atomic mass is 10.0. The monoisotopic (exact) mass is 309 g/mol. The number of hydrogen-bond acceptors (Lipinski definition) is 4. The predicted octanol–water partition coefficient (Wildman–Crippen LogP) is 1.86. The number of aliphatic carboxylic acids is 1. The zero-order valence-corrected chi connectivity index (χ0v) is 13.1. The fourth-order valence-electron chi connectivity index (χ4n) is 2.13. The molecule has 6 nitrogen and oxygen atoms in total. The first-order valence-corrected chi connectivity index (χ1v) is 7.68. The molecule has 2 heterocycles. The number of hydrogen-bond donors (Lipinski definition) is 2. The molecular weight excluding hydrogens is 290 g/mol. The quantitative estimate of drug-likeness (QED) is 0.853. The molecule has 1 amide bonds. The van der Waals surface area contributed by atoms with E-state index in [4.69, 9.17) is 5.11 Å². The number of amides is 1. The number of fused-ring (bicyclic) bond motifs is 1. The zero-order chi connectivity index (χ0) is 15.6. The van der Waals surface area contributed by atoms with Gasteiger partial charge in [-0.15, -0.1) is 11.3 Å². The van der Waals surface area contributed by atoms with Gasteiger partial charge in [0, 0.05) is 23.3 Å². The summed E-state index contributed by atoms with van der Waals surface area (Å²) in [7, 11) is 0. The summed E-state index contributed by atoms with van der Waals surface area (Å²) in [6.07, 6.45) is 2.05. The van der Waals surface area contributed by atoms with Crippen LogP contribution in [0, 0.1) is 12.8 Å². The Hall–Kier alpha value is -1.89. The van der Waals surface area contributed by atoms with Crippen LogP contribution in [0.2, 0.25) is 0 Å².